The van der Waals surface area contributed by atoms with Crippen molar-refractivity contribution < 1.29 is 4.79 Å². The van der Waals surface area contributed by atoms with Crippen LogP contribution in [0.1, 0.15) is 43.0 Å². The van der Waals surface area contributed by atoms with Crippen molar-refractivity contribution in [1.29, 1.82) is 0 Å². The maximum absolute atomic E-state index is 11.5. The molecule has 0 aliphatic heterocycles. The number of nitrogens with zero attached hydrogens (tertiary/aromatic N) is 1. The van der Waals surface area contributed by atoms with E-state index in [4.69, 9.17) is 5.84 Å². The minimum Gasteiger partial charge on any atom is -0.322 e. The molecule has 0 radical (unpaired) electrons. The largest absolute Gasteiger partial charge is 0.331 e. The highest BCUT2D eigenvalue weighted by Crippen LogP contribution is 2.27. The number of aryl methyl sites for hydroxylation is 2. The molecule has 19 heavy (non-hydrogen) atoms. The SMILES string of the molecule is Cc1cc(C(C)(C)C)cc(C)c1CN(C)C(=O)NN. The van der Waals surface area contributed by atoms with Crippen molar-refractivity contribution in [2.45, 2.75) is 46.6 Å². The first kappa shape index (κ1) is 15.5. The Balaban J connectivity index is 3.08. The average molecular weight is 263 g/mol. The number of hydrazine groups is 1. The van der Waals surface area contributed by atoms with Gasteiger partial charge >= 0.3 is 6.03 Å². The molecule has 1 aromatic rings. The number of rotatable bonds is 2. The van der Waals surface area contributed by atoms with Gasteiger partial charge in [0.25, 0.3) is 0 Å². The van der Waals surface area contributed by atoms with Crippen LogP contribution in [0, 0.1) is 13.8 Å². The number of amides is 2. The third kappa shape index (κ3) is 3.70. The summed E-state index contributed by atoms with van der Waals surface area (Å²) < 4.78 is 0. The van der Waals surface area contributed by atoms with E-state index in [1.807, 2.05) is 0 Å². The average Bonchev–Trinajstić information content (AvgIpc) is 2.30. The number of benzene rings is 1. The van der Waals surface area contributed by atoms with E-state index in [0.29, 0.717) is 6.54 Å². The quantitative estimate of drug-likeness (QED) is 0.489. The lowest BCUT2D eigenvalue weighted by atomic mass is 9.84. The zero-order valence-corrected chi connectivity index (χ0v) is 12.8. The second-order valence-corrected chi connectivity index (χ2v) is 6.14. The van der Waals surface area contributed by atoms with E-state index in [1.54, 1.807) is 11.9 Å². The molecule has 4 heteroatoms. The number of hydrogen-bond acceptors (Lipinski definition) is 2. The number of carbonyl (C=O) groups is 1. The minimum absolute atomic E-state index is 0.134. The van der Waals surface area contributed by atoms with E-state index >= 15 is 0 Å². The number of nitrogens with two attached hydrogens (primary N) is 1. The van der Waals surface area contributed by atoms with Crippen LogP contribution in [0.2, 0.25) is 0 Å². The standard InChI is InChI=1S/C15H25N3O/c1-10-7-12(15(3,4)5)8-11(2)13(10)9-18(6)14(19)17-16/h7-8H,9,16H2,1-6H3,(H,17,19). The van der Waals surface area contributed by atoms with Crippen molar-refractivity contribution in [2.75, 3.05) is 7.05 Å². The maximum Gasteiger partial charge on any atom is 0.331 e. The summed E-state index contributed by atoms with van der Waals surface area (Å²) >= 11 is 0. The molecule has 2 amide bonds. The van der Waals surface area contributed by atoms with Crippen LogP contribution in [0.4, 0.5) is 4.79 Å². The number of carbonyl (C=O) groups excluding carboxylic acids is 1. The van der Waals surface area contributed by atoms with Crippen LogP contribution in [-0.4, -0.2) is 18.0 Å². The Morgan fingerprint density at radius 3 is 2.11 bits per heavy atom. The van der Waals surface area contributed by atoms with Crippen molar-refractivity contribution in [3.8, 4) is 0 Å². The summed E-state index contributed by atoms with van der Waals surface area (Å²) in [6.45, 7) is 11.3. The molecule has 0 spiro atoms. The Morgan fingerprint density at radius 2 is 1.74 bits per heavy atom. The molecule has 0 heterocycles. The topological polar surface area (TPSA) is 58.4 Å². The molecule has 0 aliphatic carbocycles. The van der Waals surface area contributed by atoms with Gasteiger partial charge in [-0.2, -0.15) is 0 Å². The predicted molar refractivity (Wildman–Crippen MR) is 78.8 cm³/mol. The minimum atomic E-state index is -0.279. The Kier molecular flexibility index (Phi) is 4.58. The molecule has 0 fully saturated rings. The Morgan fingerprint density at radius 1 is 1.26 bits per heavy atom. The van der Waals surface area contributed by atoms with Gasteiger partial charge in [-0.15, -0.1) is 0 Å². The fraction of sp³-hybridized carbons (Fsp3) is 0.533. The van der Waals surface area contributed by atoms with Crippen LogP contribution in [0.15, 0.2) is 12.1 Å². The highest BCUT2D eigenvalue weighted by Gasteiger charge is 2.17. The molecule has 1 rings (SSSR count). The summed E-state index contributed by atoms with van der Waals surface area (Å²) in [7, 11) is 1.73. The molecule has 0 saturated heterocycles. The molecule has 0 aromatic heterocycles. The first-order chi connectivity index (χ1) is 8.66. The lowest BCUT2D eigenvalue weighted by Gasteiger charge is -2.24. The van der Waals surface area contributed by atoms with Gasteiger partial charge in [0.05, 0.1) is 0 Å². The van der Waals surface area contributed by atoms with Crippen LogP contribution in [0.25, 0.3) is 0 Å². The van der Waals surface area contributed by atoms with E-state index in [2.05, 4.69) is 52.2 Å². The molecule has 4 nitrogen and oxygen atoms in total. The van der Waals surface area contributed by atoms with Gasteiger partial charge in [0.2, 0.25) is 0 Å². The van der Waals surface area contributed by atoms with Crippen LogP contribution in [0.3, 0.4) is 0 Å². The van der Waals surface area contributed by atoms with Crippen LogP contribution < -0.4 is 11.3 Å². The monoisotopic (exact) mass is 263 g/mol. The molecule has 0 saturated carbocycles. The van der Waals surface area contributed by atoms with Crippen molar-refractivity contribution in [3.63, 3.8) is 0 Å². The smallest absolute Gasteiger partial charge is 0.322 e. The first-order valence-electron chi connectivity index (χ1n) is 6.49. The Hall–Kier alpha value is -1.55. The predicted octanol–water partition coefficient (Wildman–Crippen LogP) is 2.62. The van der Waals surface area contributed by atoms with Crippen LogP contribution in [0.5, 0.6) is 0 Å². The third-order valence-corrected chi connectivity index (χ3v) is 3.43. The van der Waals surface area contributed by atoms with Crippen LogP contribution >= 0.6 is 0 Å². The highest BCUT2D eigenvalue weighted by molar-refractivity contribution is 5.73. The summed E-state index contributed by atoms with van der Waals surface area (Å²) in [4.78, 5) is 13.0. The van der Waals surface area contributed by atoms with E-state index in [1.165, 1.54) is 22.3 Å². The van der Waals surface area contributed by atoms with Gasteiger partial charge in [0.1, 0.15) is 0 Å². The van der Waals surface area contributed by atoms with Gasteiger partial charge < -0.3 is 4.90 Å². The van der Waals surface area contributed by atoms with Gasteiger partial charge in [-0.05, 0) is 41.5 Å². The van der Waals surface area contributed by atoms with E-state index < -0.39 is 0 Å². The number of hydrogen-bond donors (Lipinski definition) is 2. The van der Waals surface area contributed by atoms with Gasteiger partial charge in [-0.1, -0.05) is 32.9 Å². The van der Waals surface area contributed by atoms with E-state index in [9.17, 15) is 4.79 Å². The molecular formula is C15H25N3O. The number of nitrogens with one attached hydrogen (secondary N) is 1. The van der Waals surface area contributed by atoms with Gasteiger partial charge in [-0.25, -0.2) is 10.6 Å². The van der Waals surface area contributed by atoms with E-state index in [-0.39, 0.29) is 11.4 Å². The summed E-state index contributed by atoms with van der Waals surface area (Å²) in [5.74, 6) is 5.14. The van der Waals surface area contributed by atoms with Crippen molar-refractivity contribution >= 4 is 6.03 Å². The van der Waals surface area contributed by atoms with Gasteiger partial charge in [0, 0.05) is 13.6 Å². The molecular weight excluding hydrogens is 238 g/mol. The molecule has 0 bridgehead atoms. The number of urea groups is 1. The Bertz CT molecular complexity index is 452. The molecule has 1 aromatic carbocycles. The highest BCUT2D eigenvalue weighted by atomic mass is 16.2. The van der Waals surface area contributed by atoms with E-state index in [0.717, 1.165) is 0 Å². The molecule has 3 N–H and O–H groups in total. The second kappa shape index (κ2) is 5.61. The fourth-order valence-electron chi connectivity index (χ4n) is 2.09. The molecule has 0 aliphatic rings. The first-order valence-corrected chi connectivity index (χ1v) is 6.49. The van der Waals surface area contributed by atoms with Gasteiger partial charge in [0.15, 0.2) is 0 Å². The maximum atomic E-state index is 11.5. The van der Waals surface area contributed by atoms with Crippen molar-refractivity contribution in [2.24, 2.45) is 5.84 Å². The van der Waals surface area contributed by atoms with Crippen molar-refractivity contribution in [1.82, 2.24) is 10.3 Å². The lowest BCUT2D eigenvalue weighted by molar-refractivity contribution is 0.207. The zero-order valence-electron chi connectivity index (χ0n) is 12.8. The van der Waals surface area contributed by atoms with Crippen LogP contribution in [-0.2, 0) is 12.0 Å². The summed E-state index contributed by atoms with van der Waals surface area (Å²) in [6, 6.07) is 4.13. The normalized spacial score (nSPS) is 11.3. The molecule has 106 valence electrons. The lowest BCUT2D eigenvalue weighted by Crippen LogP contribution is -2.40. The molecule has 0 atom stereocenters. The van der Waals surface area contributed by atoms with Gasteiger partial charge in [-0.3, -0.25) is 5.43 Å². The summed E-state index contributed by atoms with van der Waals surface area (Å²) in [5, 5.41) is 0. The summed E-state index contributed by atoms with van der Waals surface area (Å²) in [6.07, 6.45) is 0. The second-order valence-electron chi connectivity index (χ2n) is 6.14. The fourth-order valence-corrected chi connectivity index (χ4v) is 2.09. The summed E-state index contributed by atoms with van der Waals surface area (Å²) in [5.41, 5.74) is 7.20. The van der Waals surface area contributed by atoms with Crippen molar-refractivity contribution in [3.05, 3.63) is 34.4 Å². The Labute approximate surface area is 115 Å². The molecule has 0 unspecified atom stereocenters. The third-order valence-electron chi connectivity index (χ3n) is 3.43. The zero-order chi connectivity index (χ0) is 14.8.